The predicted molar refractivity (Wildman–Crippen MR) is 133 cm³/mol. The van der Waals surface area contributed by atoms with Crippen LogP contribution in [0.25, 0.3) is 28.2 Å². The normalized spacial score (nSPS) is 11.1. The van der Waals surface area contributed by atoms with E-state index in [1.54, 1.807) is 22.9 Å². The van der Waals surface area contributed by atoms with E-state index >= 15 is 0 Å². The fourth-order valence-corrected chi connectivity index (χ4v) is 4.19. The lowest BCUT2D eigenvalue weighted by atomic mass is 9.98. The second-order valence-electron chi connectivity index (χ2n) is 8.11. The van der Waals surface area contributed by atoms with Gasteiger partial charge in [0.15, 0.2) is 11.0 Å². The molecule has 0 spiro atoms. The van der Waals surface area contributed by atoms with Gasteiger partial charge in [-0.2, -0.15) is 4.68 Å². The number of benzene rings is 2. The highest BCUT2D eigenvalue weighted by atomic mass is 35.5. The van der Waals surface area contributed by atoms with E-state index in [9.17, 15) is 4.79 Å². The van der Waals surface area contributed by atoms with Crippen LogP contribution in [0.4, 0.5) is 0 Å². The van der Waals surface area contributed by atoms with Crippen LogP contribution in [-0.4, -0.2) is 40.0 Å². The molecule has 0 amide bonds. The van der Waals surface area contributed by atoms with Gasteiger partial charge in [0.1, 0.15) is 11.5 Å². The first-order chi connectivity index (χ1) is 17.2. The molecule has 2 aromatic carbocycles. The Labute approximate surface area is 206 Å². The number of aromatic nitrogens is 8. The minimum Gasteiger partial charge on any atom is -0.274 e. The van der Waals surface area contributed by atoms with Crippen LogP contribution < -0.4 is 5.69 Å². The molecule has 1 N–H and O–H groups in total. The molecule has 3 heterocycles. The van der Waals surface area contributed by atoms with Gasteiger partial charge in [-0.15, -0.1) is 10.2 Å². The summed E-state index contributed by atoms with van der Waals surface area (Å²) >= 11 is 6.25. The van der Waals surface area contributed by atoms with Gasteiger partial charge in [-0.25, -0.2) is 14.9 Å². The van der Waals surface area contributed by atoms with Crippen LogP contribution in [0.1, 0.15) is 31.2 Å². The average Bonchev–Trinajstić information content (AvgIpc) is 3.53. The smallest absolute Gasteiger partial charge is 0.274 e. The molecule has 9 nitrogen and oxygen atoms in total. The number of tetrazole rings is 1. The summed E-state index contributed by atoms with van der Waals surface area (Å²) in [6.07, 6.45) is 4.23. The Balaban J connectivity index is 1.47. The van der Waals surface area contributed by atoms with E-state index < -0.39 is 0 Å². The molecule has 35 heavy (non-hydrogen) atoms. The van der Waals surface area contributed by atoms with Gasteiger partial charge in [0.25, 0.3) is 0 Å². The Hall–Kier alpha value is -4.11. The van der Waals surface area contributed by atoms with Crippen molar-refractivity contribution in [2.45, 2.75) is 32.7 Å². The summed E-state index contributed by atoms with van der Waals surface area (Å²) in [6, 6.07) is 19.5. The topological polar surface area (TPSA) is 107 Å². The summed E-state index contributed by atoms with van der Waals surface area (Å²) in [4.78, 5) is 17.4. The molecule has 0 aliphatic heterocycles. The second kappa shape index (κ2) is 10.0. The highest BCUT2D eigenvalue weighted by Crippen LogP contribution is 2.29. The average molecular weight is 487 g/mol. The number of nitrogens with one attached hydrogen (secondary N) is 1. The number of rotatable bonds is 8. The number of nitrogens with zero attached hydrogens (tertiary/aromatic N) is 7. The quantitative estimate of drug-likeness (QED) is 0.327. The van der Waals surface area contributed by atoms with Crippen molar-refractivity contribution in [2.24, 2.45) is 0 Å². The Bertz CT molecular complexity index is 1490. The van der Waals surface area contributed by atoms with Crippen LogP contribution in [0, 0.1) is 0 Å². The van der Waals surface area contributed by atoms with Crippen molar-refractivity contribution < 1.29 is 0 Å². The molecule has 5 rings (SSSR count). The van der Waals surface area contributed by atoms with Crippen molar-refractivity contribution in [3.63, 3.8) is 0 Å². The molecule has 0 saturated heterocycles. The summed E-state index contributed by atoms with van der Waals surface area (Å²) in [5, 5.41) is 19.1. The van der Waals surface area contributed by atoms with Crippen molar-refractivity contribution in [2.75, 3.05) is 0 Å². The fraction of sp³-hybridized carbons (Fsp3) is 0.200. The molecule has 3 aromatic heterocycles. The Morgan fingerprint density at radius 3 is 2.51 bits per heavy atom. The molecule has 0 bridgehead atoms. The first-order valence-corrected chi connectivity index (χ1v) is 11.8. The summed E-state index contributed by atoms with van der Waals surface area (Å²) in [5.74, 6) is 1.34. The van der Waals surface area contributed by atoms with Crippen LogP contribution in [-0.2, 0) is 13.0 Å². The van der Waals surface area contributed by atoms with Crippen molar-refractivity contribution >= 4 is 11.6 Å². The van der Waals surface area contributed by atoms with Gasteiger partial charge in [-0.3, -0.25) is 4.57 Å². The Morgan fingerprint density at radius 1 is 1.00 bits per heavy atom. The van der Waals surface area contributed by atoms with Crippen LogP contribution in [0.2, 0.25) is 5.15 Å². The number of aromatic amines is 1. The molecule has 0 radical (unpaired) electrons. The van der Waals surface area contributed by atoms with Crippen LogP contribution >= 0.6 is 11.6 Å². The van der Waals surface area contributed by atoms with E-state index in [0.29, 0.717) is 24.5 Å². The van der Waals surface area contributed by atoms with E-state index in [4.69, 9.17) is 11.6 Å². The SMILES string of the molecule is CCCCc1nn(-c2cccnc2Cl)c(=O)n1Cc1ccc(-c2ccccc2-c2nnn[nH]2)cc1. The number of hydrogen-bond acceptors (Lipinski definition) is 6. The third-order valence-corrected chi connectivity index (χ3v) is 6.08. The number of aryl methyl sites for hydroxylation is 1. The molecule has 0 unspecified atom stereocenters. The van der Waals surface area contributed by atoms with E-state index in [1.165, 1.54) is 4.68 Å². The van der Waals surface area contributed by atoms with E-state index in [1.807, 2.05) is 48.5 Å². The van der Waals surface area contributed by atoms with Gasteiger partial charge in [0, 0.05) is 18.2 Å². The maximum Gasteiger partial charge on any atom is 0.351 e. The van der Waals surface area contributed by atoms with Crippen molar-refractivity contribution in [3.8, 4) is 28.2 Å². The van der Waals surface area contributed by atoms with Crippen LogP contribution in [0.3, 0.4) is 0 Å². The standard InChI is InChI=1S/C25H23ClN8O/c1-2-3-10-22-30-34(21-9-6-15-27-23(21)26)25(35)33(22)16-17-11-13-18(14-12-17)19-7-4-5-8-20(19)24-28-31-32-29-24/h4-9,11-15H,2-3,10,16H2,1H3,(H,28,29,31,32). The molecule has 5 aromatic rings. The zero-order chi connectivity index (χ0) is 24.2. The molecule has 0 saturated carbocycles. The zero-order valence-electron chi connectivity index (χ0n) is 19.1. The number of hydrogen-bond donors (Lipinski definition) is 1. The molecule has 0 aliphatic carbocycles. The van der Waals surface area contributed by atoms with Crippen molar-refractivity contribution in [1.29, 1.82) is 0 Å². The van der Waals surface area contributed by atoms with Crippen molar-refractivity contribution in [1.82, 2.24) is 40.0 Å². The highest BCUT2D eigenvalue weighted by molar-refractivity contribution is 6.31. The lowest BCUT2D eigenvalue weighted by Crippen LogP contribution is -2.25. The first kappa shape index (κ1) is 22.7. The molecule has 0 aliphatic rings. The third-order valence-electron chi connectivity index (χ3n) is 5.79. The van der Waals surface area contributed by atoms with Gasteiger partial charge in [-0.05, 0) is 45.7 Å². The van der Waals surface area contributed by atoms with E-state index in [-0.39, 0.29) is 10.8 Å². The van der Waals surface area contributed by atoms with E-state index in [2.05, 4.69) is 37.6 Å². The van der Waals surface area contributed by atoms with Crippen LogP contribution in [0.5, 0.6) is 0 Å². The number of H-pyrrole nitrogens is 1. The first-order valence-electron chi connectivity index (χ1n) is 11.4. The molecular formula is C25H23ClN8O. The fourth-order valence-electron chi connectivity index (χ4n) is 4.00. The van der Waals surface area contributed by atoms with Crippen molar-refractivity contribution in [3.05, 3.63) is 93.9 Å². The maximum absolute atomic E-state index is 13.3. The molecular weight excluding hydrogens is 464 g/mol. The van der Waals surface area contributed by atoms with E-state index in [0.717, 1.165) is 40.9 Å². The summed E-state index contributed by atoms with van der Waals surface area (Å²) in [5.41, 5.74) is 4.18. The molecule has 0 fully saturated rings. The van der Waals surface area contributed by atoms with Gasteiger partial charge >= 0.3 is 5.69 Å². The lowest BCUT2D eigenvalue weighted by Gasteiger charge is -2.09. The van der Waals surface area contributed by atoms with Gasteiger partial charge in [-0.1, -0.05) is 73.5 Å². The highest BCUT2D eigenvalue weighted by Gasteiger charge is 2.17. The largest absolute Gasteiger partial charge is 0.351 e. The van der Waals surface area contributed by atoms with Gasteiger partial charge in [0.05, 0.1) is 6.54 Å². The lowest BCUT2D eigenvalue weighted by molar-refractivity contribution is 0.666. The summed E-state index contributed by atoms with van der Waals surface area (Å²) in [6.45, 7) is 2.52. The second-order valence-corrected chi connectivity index (χ2v) is 8.46. The van der Waals surface area contributed by atoms with Gasteiger partial charge < -0.3 is 0 Å². The Morgan fingerprint density at radius 2 is 1.80 bits per heavy atom. The third kappa shape index (κ3) is 4.63. The Kier molecular flexibility index (Phi) is 6.49. The monoisotopic (exact) mass is 486 g/mol. The number of pyridine rings is 1. The number of unbranched alkanes of at least 4 members (excludes halogenated alkanes) is 1. The van der Waals surface area contributed by atoms with Gasteiger partial charge in [0.2, 0.25) is 0 Å². The molecule has 176 valence electrons. The number of halogens is 1. The zero-order valence-corrected chi connectivity index (χ0v) is 19.9. The van der Waals surface area contributed by atoms with Crippen LogP contribution in [0.15, 0.2) is 71.7 Å². The molecule has 10 heteroatoms. The maximum atomic E-state index is 13.3. The minimum atomic E-state index is -0.238. The minimum absolute atomic E-state index is 0.238. The summed E-state index contributed by atoms with van der Waals surface area (Å²) in [7, 11) is 0. The molecule has 0 atom stereocenters. The predicted octanol–water partition coefficient (Wildman–Crippen LogP) is 4.32. The summed E-state index contributed by atoms with van der Waals surface area (Å²) < 4.78 is 3.05.